The number of carbonyl (C=O) groups is 1. The maximum absolute atomic E-state index is 12.8. The van der Waals surface area contributed by atoms with Crippen LogP contribution in [0.5, 0.6) is 0 Å². The minimum absolute atomic E-state index is 0.00369. The highest BCUT2D eigenvalue weighted by Gasteiger charge is 2.31. The highest BCUT2D eigenvalue weighted by atomic mass is 35.5. The maximum Gasteiger partial charge on any atom is 0.416 e. The number of nitrogens with one attached hydrogen (secondary N) is 2. The number of alkyl halides is 3. The van der Waals surface area contributed by atoms with Gasteiger partial charge in [-0.25, -0.2) is 0 Å². The molecule has 2 N–H and O–H groups in total. The summed E-state index contributed by atoms with van der Waals surface area (Å²) < 4.78 is 38.3. The van der Waals surface area contributed by atoms with Gasteiger partial charge in [-0.1, -0.05) is 18.5 Å². The van der Waals surface area contributed by atoms with Crippen molar-refractivity contribution in [1.82, 2.24) is 15.5 Å². The lowest BCUT2D eigenvalue weighted by Crippen LogP contribution is -2.32. The Labute approximate surface area is 147 Å². The van der Waals surface area contributed by atoms with Crippen molar-refractivity contribution in [1.29, 1.82) is 0 Å². The number of hydrogen-bond donors (Lipinski definition) is 2. The first-order valence-corrected chi connectivity index (χ1v) is 7.87. The van der Waals surface area contributed by atoms with E-state index in [4.69, 9.17) is 11.6 Å². The molecule has 134 valence electrons. The second kappa shape index (κ2) is 7.69. The lowest BCUT2D eigenvalue weighted by molar-refractivity contribution is -0.137. The van der Waals surface area contributed by atoms with Crippen LogP contribution in [-0.2, 0) is 6.18 Å². The van der Waals surface area contributed by atoms with Gasteiger partial charge in [0.05, 0.1) is 16.3 Å². The van der Waals surface area contributed by atoms with Gasteiger partial charge >= 0.3 is 6.18 Å². The van der Waals surface area contributed by atoms with E-state index in [1.165, 1.54) is 12.1 Å². The summed E-state index contributed by atoms with van der Waals surface area (Å²) in [6.45, 7) is 3.79. The van der Waals surface area contributed by atoms with Gasteiger partial charge in [-0.15, -0.1) is 10.2 Å². The largest absolute Gasteiger partial charge is 0.416 e. The van der Waals surface area contributed by atoms with Gasteiger partial charge in [0.25, 0.3) is 5.91 Å². The molecule has 0 aliphatic carbocycles. The predicted molar refractivity (Wildman–Crippen MR) is 89.0 cm³/mol. The Bertz CT molecular complexity index is 750. The van der Waals surface area contributed by atoms with E-state index in [1.807, 2.05) is 13.8 Å². The van der Waals surface area contributed by atoms with E-state index in [-0.39, 0.29) is 34.2 Å². The number of benzene rings is 1. The van der Waals surface area contributed by atoms with Crippen LogP contribution in [0.15, 0.2) is 30.3 Å². The molecule has 2 rings (SSSR count). The average molecular weight is 373 g/mol. The van der Waals surface area contributed by atoms with E-state index in [0.29, 0.717) is 0 Å². The van der Waals surface area contributed by atoms with Gasteiger partial charge in [-0.05, 0) is 43.7 Å². The average Bonchev–Trinajstić information content (AvgIpc) is 2.56. The molecule has 0 fully saturated rings. The van der Waals surface area contributed by atoms with Crippen molar-refractivity contribution in [2.75, 3.05) is 5.32 Å². The summed E-state index contributed by atoms with van der Waals surface area (Å²) in [5.74, 6) is -0.202. The summed E-state index contributed by atoms with van der Waals surface area (Å²) in [4.78, 5) is 11.9. The van der Waals surface area contributed by atoms with Crippen LogP contribution in [0.25, 0.3) is 0 Å². The highest BCUT2D eigenvalue weighted by Crippen LogP contribution is 2.34. The zero-order valence-corrected chi connectivity index (χ0v) is 14.2. The number of hydrogen-bond acceptors (Lipinski definition) is 4. The molecule has 0 saturated heterocycles. The molecule has 1 heterocycles. The molecule has 1 amide bonds. The van der Waals surface area contributed by atoms with Gasteiger partial charge in [-0.3, -0.25) is 4.79 Å². The Morgan fingerprint density at radius 3 is 2.52 bits per heavy atom. The van der Waals surface area contributed by atoms with Gasteiger partial charge in [-0.2, -0.15) is 13.2 Å². The number of aromatic nitrogens is 2. The molecular weight excluding hydrogens is 357 g/mol. The Morgan fingerprint density at radius 1 is 1.24 bits per heavy atom. The molecule has 0 bridgehead atoms. The maximum atomic E-state index is 12.8. The van der Waals surface area contributed by atoms with Gasteiger partial charge in [0.15, 0.2) is 11.5 Å². The normalized spacial score (nSPS) is 12.6. The topological polar surface area (TPSA) is 66.9 Å². The van der Waals surface area contributed by atoms with Crippen molar-refractivity contribution >= 4 is 29.0 Å². The third-order valence-electron chi connectivity index (χ3n) is 3.44. The van der Waals surface area contributed by atoms with E-state index in [2.05, 4.69) is 20.8 Å². The molecule has 9 heteroatoms. The molecule has 25 heavy (non-hydrogen) atoms. The van der Waals surface area contributed by atoms with Gasteiger partial charge in [0, 0.05) is 6.04 Å². The second-order valence-corrected chi connectivity index (χ2v) is 5.81. The van der Waals surface area contributed by atoms with Crippen LogP contribution < -0.4 is 10.6 Å². The minimum atomic E-state index is -4.48. The van der Waals surface area contributed by atoms with Crippen molar-refractivity contribution in [3.05, 3.63) is 46.6 Å². The first kappa shape index (κ1) is 19.0. The molecule has 2 aromatic rings. The SMILES string of the molecule is CCC(C)NC(=O)c1ccc(Nc2cc(C(F)(F)F)ccc2Cl)nn1. The van der Waals surface area contributed by atoms with Gasteiger partial charge in [0.2, 0.25) is 0 Å². The third kappa shape index (κ3) is 5.06. The molecule has 1 atom stereocenters. The minimum Gasteiger partial charge on any atom is -0.348 e. The van der Waals surface area contributed by atoms with Gasteiger partial charge < -0.3 is 10.6 Å². The van der Waals surface area contributed by atoms with Crippen molar-refractivity contribution in [2.45, 2.75) is 32.5 Å². The van der Waals surface area contributed by atoms with Crippen molar-refractivity contribution in [3.63, 3.8) is 0 Å². The summed E-state index contributed by atoms with van der Waals surface area (Å²) in [7, 11) is 0. The van der Waals surface area contributed by atoms with E-state index in [0.717, 1.165) is 24.6 Å². The van der Waals surface area contributed by atoms with E-state index in [1.54, 1.807) is 0 Å². The van der Waals surface area contributed by atoms with Crippen LogP contribution in [0.3, 0.4) is 0 Å². The summed E-state index contributed by atoms with van der Waals surface area (Å²) in [5, 5.41) is 13.1. The van der Waals surface area contributed by atoms with Crippen LogP contribution in [0.2, 0.25) is 5.02 Å². The van der Waals surface area contributed by atoms with E-state index < -0.39 is 11.7 Å². The highest BCUT2D eigenvalue weighted by molar-refractivity contribution is 6.33. The predicted octanol–water partition coefficient (Wildman–Crippen LogP) is 4.42. The zero-order valence-electron chi connectivity index (χ0n) is 13.5. The Hall–Kier alpha value is -2.35. The van der Waals surface area contributed by atoms with E-state index >= 15 is 0 Å². The Balaban J connectivity index is 2.15. The standard InChI is InChI=1S/C16H16ClF3N4O/c1-3-9(2)21-15(25)12-6-7-14(24-23-12)22-13-8-10(16(18,19)20)4-5-11(13)17/h4-9H,3H2,1-2H3,(H,21,25)(H,22,24). The van der Waals surface area contributed by atoms with Crippen LogP contribution in [0.4, 0.5) is 24.7 Å². The third-order valence-corrected chi connectivity index (χ3v) is 3.77. The molecule has 5 nitrogen and oxygen atoms in total. The number of carbonyl (C=O) groups excluding carboxylic acids is 1. The summed E-state index contributed by atoms with van der Waals surface area (Å²) in [6, 6.07) is 5.78. The number of amides is 1. The molecule has 0 spiro atoms. The van der Waals surface area contributed by atoms with E-state index in [9.17, 15) is 18.0 Å². The second-order valence-electron chi connectivity index (χ2n) is 5.40. The number of anilines is 2. The molecule has 1 aromatic carbocycles. The summed E-state index contributed by atoms with van der Waals surface area (Å²) in [6.07, 6.45) is -3.71. The molecule has 0 radical (unpaired) electrons. The molecule has 0 aliphatic rings. The quantitative estimate of drug-likeness (QED) is 0.815. The molecule has 1 aromatic heterocycles. The molecule has 0 aliphatic heterocycles. The summed E-state index contributed by atoms with van der Waals surface area (Å²) in [5.41, 5.74) is -0.680. The van der Waals surface area contributed by atoms with Crippen LogP contribution in [0, 0.1) is 0 Å². The van der Waals surface area contributed by atoms with Crippen molar-refractivity contribution < 1.29 is 18.0 Å². The first-order valence-electron chi connectivity index (χ1n) is 7.49. The lowest BCUT2D eigenvalue weighted by Gasteiger charge is -2.12. The fourth-order valence-electron chi connectivity index (χ4n) is 1.86. The lowest BCUT2D eigenvalue weighted by atomic mass is 10.2. The summed E-state index contributed by atoms with van der Waals surface area (Å²) >= 11 is 5.91. The monoisotopic (exact) mass is 372 g/mol. The van der Waals surface area contributed by atoms with Crippen LogP contribution in [0.1, 0.15) is 36.3 Å². The first-order chi connectivity index (χ1) is 11.7. The Kier molecular flexibility index (Phi) is 5.84. The molecule has 1 unspecified atom stereocenters. The van der Waals surface area contributed by atoms with Crippen molar-refractivity contribution in [3.8, 4) is 0 Å². The molecular formula is C16H16ClF3N4O. The van der Waals surface area contributed by atoms with Crippen LogP contribution in [-0.4, -0.2) is 22.1 Å². The Morgan fingerprint density at radius 2 is 1.96 bits per heavy atom. The fraction of sp³-hybridized carbons (Fsp3) is 0.312. The number of rotatable bonds is 5. The van der Waals surface area contributed by atoms with Crippen LogP contribution >= 0.6 is 11.6 Å². The number of halogens is 4. The fourth-order valence-corrected chi connectivity index (χ4v) is 2.02. The number of nitrogens with zero attached hydrogens (tertiary/aromatic N) is 2. The zero-order chi connectivity index (χ0) is 18.6. The van der Waals surface area contributed by atoms with Gasteiger partial charge in [0.1, 0.15) is 0 Å². The smallest absolute Gasteiger partial charge is 0.348 e. The van der Waals surface area contributed by atoms with Crippen molar-refractivity contribution in [2.24, 2.45) is 0 Å². The molecule has 0 saturated carbocycles.